The predicted molar refractivity (Wildman–Crippen MR) is 146 cm³/mol. The highest BCUT2D eigenvalue weighted by molar-refractivity contribution is 6.18. The summed E-state index contributed by atoms with van der Waals surface area (Å²) in [7, 11) is 0. The van der Waals surface area contributed by atoms with E-state index in [1.807, 2.05) is 4.90 Å². The number of carboxylic acid groups (broad SMARTS) is 1. The number of halogens is 2. The van der Waals surface area contributed by atoms with Gasteiger partial charge in [0.25, 0.3) is 0 Å². The van der Waals surface area contributed by atoms with Gasteiger partial charge in [-0.2, -0.15) is 0 Å². The fourth-order valence-corrected chi connectivity index (χ4v) is 7.90. The number of carbonyl (C=O) groups excluding carboxylic acids is 3. The summed E-state index contributed by atoms with van der Waals surface area (Å²) in [5, 5.41) is 12.2. The third-order valence-electron chi connectivity index (χ3n) is 10.2. The summed E-state index contributed by atoms with van der Waals surface area (Å²) in [6, 6.07) is -0.821. The zero-order valence-electron chi connectivity index (χ0n) is 24.0. The van der Waals surface area contributed by atoms with Gasteiger partial charge in [0.05, 0.1) is 13.1 Å². The van der Waals surface area contributed by atoms with Gasteiger partial charge in [0.2, 0.25) is 5.91 Å². The summed E-state index contributed by atoms with van der Waals surface area (Å²) in [5.74, 6) is -2.53. The number of fused-ring (bicyclic) bond motifs is 1. The van der Waals surface area contributed by atoms with Crippen LogP contribution in [-0.4, -0.2) is 136 Å². The number of rotatable bonds is 7. The Morgan fingerprint density at radius 2 is 1.57 bits per heavy atom. The van der Waals surface area contributed by atoms with Crippen LogP contribution in [0.15, 0.2) is 11.8 Å². The number of cyclic esters (lactones) is 1. The number of hydrogen-bond acceptors (Lipinski definition) is 8. The minimum Gasteiger partial charge on any atom is -0.478 e. The van der Waals surface area contributed by atoms with Crippen molar-refractivity contribution in [1.82, 2.24) is 24.9 Å². The SMILES string of the molecule is CC(=O)NC[C@H]1CN(C2CCC(N3CCN(C4CC5C(CC4F)C(=O)C(C(=O)O)=CN5C4CC4)CC3)C(F)C2)C(=O)O1. The number of piperazine rings is 1. The van der Waals surface area contributed by atoms with Gasteiger partial charge in [0.15, 0.2) is 5.78 Å². The van der Waals surface area contributed by atoms with Crippen molar-refractivity contribution in [2.45, 2.75) is 101 Å². The zero-order chi connectivity index (χ0) is 29.7. The monoisotopic (exact) mass is 593 g/mol. The molecule has 0 aromatic carbocycles. The first kappa shape index (κ1) is 29.3. The molecule has 0 aromatic rings. The maximum atomic E-state index is 15.6. The number of nitrogens with zero attached hydrogens (tertiary/aromatic N) is 4. The molecular formula is C29H41F2N5O6. The summed E-state index contributed by atoms with van der Waals surface area (Å²) in [5.41, 5.74) is -0.232. The average Bonchev–Trinajstić information content (AvgIpc) is 3.73. The van der Waals surface area contributed by atoms with Crippen LogP contribution in [0.5, 0.6) is 0 Å². The van der Waals surface area contributed by atoms with Gasteiger partial charge in [-0.05, 0) is 38.5 Å². The van der Waals surface area contributed by atoms with E-state index < -0.39 is 42.2 Å². The fraction of sp³-hybridized carbons (Fsp3) is 0.793. The van der Waals surface area contributed by atoms with E-state index in [1.165, 1.54) is 13.1 Å². The Bertz CT molecular complexity index is 1130. The molecule has 0 spiro atoms. The Labute approximate surface area is 244 Å². The Morgan fingerprint density at radius 3 is 2.19 bits per heavy atom. The Hall–Kier alpha value is -2.80. The van der Waals surface area contributed by atoms with E-state index in [0.29, 0.717) is 52.0 Å². The molecule has 3 heterocycles. The van der Waals surface area contributed by atoms with Crippen molar-refractivity contribution in [3.63, 3.8) is 0 Å². The van der Waals surface area contributed by atoms with Crippen LogP contribution >= 0.6 is 0 Å². The molecule has 6 rings (SSSR count). The normalized spacial score (nSPS) is 38.1. The number of aliphatic carboxylic acids is 1. The van der Waals surface area contributed by atoms with E-state index in [-0.39, 0.29) is 61.1 Å². The van der Waals surface area contributed by atoms with Crippen molar-refractivity contribution in [3.8, 4) is 0 Å². The number of alkyl halides is 2. The van der Waals surface area contributed by atoms with Gasteiger partial charge in [-0.3, -0.25) is 19.4 Å². The van der Waals surface area contributed by atoms with E-state index in [1.54, 1.807) is 4.90 Å². The first-order valence-electron chi connectivity index (χ1n) is 15.4. The zero-order valence-corrected chi connectivity index (χ0v) is 24.0. The van der Waals surface area contributed by atoms with Crippen LogP contribution in [0, 0.1) is 5.92 Å². The highest BCUT2D eigenvalue weighted by Crippen LogP contribution is 2.43. The first-order valence-corrected chi connectivity index (χ1v) is 15.4. The molecule has 2 N–H and O–H groups in total. The van der Waals surface area contributed by atoms with Gasteiger partial charge in [-0.1, -0.05) is 0 Å². The fourth-order valence-electron chi connectivity index (χ4n) is 7.90. The van der Waals surface area contributed by atoms with Crippen molar-refractivity contribution in [3.05, 3.63) is 11.8 Å². The second kappa shape index (κ2) is 11.7. The second-order valence-corrected chi connectivity index (χ2v) is 12.8. The van der Waals surface area contributed by atoms with Gasteiger partial charge >= 0.3 is 12.1 Å². The maximum absolute atomic E-state index is 15.6. The van der Waals surface area contributed by atoms with E-state index in [0.717, 1.165) is 12.8 Å². The Kier molecular flexibility index (Phi) is 8.16. The molecule has 2 saturated heterocycles. The number of hydrogen-bond donors (Lipinski definition) is 2. The van der Waals surface area contributed by atoms with Crippen LogP contribution in [0.2, 0.25) is 0 Å². The van der Waals surface area contributed by atoms with E-state index in [9.17, 15) is 24.3 Å². The van der Waals surface area contributed by atoms with Crippen LogP contribution < -0.4 is 5.32 Å². The summed E-state index contributed by atoms with van der Waals surface area (Å²) >= 11 is 0. The van der Waals surface area contributed by atoms with E-state index in [4.69, 9.17) is 4.74 Å². The number of amides is 2. The Morgan fingerprint density at radius 1 is 0.929 bits per heavy atom. The first-order chi connectivity index (χ1) is 20.1. The summed E-state index contributed by atoms with van der Waals surface area (Å²) in [6.45, 7) is 4.43. The largest absolute Gasteiger partial charge is 0.478 e. The van der Waals surface area contributed by atoms with Gasteiger partial charge in [0, 0.05) is 81.9 Å². The van der Waals surface area contributed by atoms with Crippen molar-refractivity contribution in [2.75, 3.05) is 39.3 Å². The highest BCUT2D eigenvalue weighted by Gasteiger charge is 2.51. The standard InChI is InChI=1S/C29H41F2N5O6/c1-16(37)32-13-19-14-36(29(41)42-19)18-4-5-24(22(30)10-18)33-6-8-34(9-7-33)26-12-25-20(11-23(26)31)27(38)21(28(39)40)15-35(25)17-2-3-17/h15,17-20,22-26H,2-14H2,1H3,(H,32,37)(H,39,40)/t18?,19-,20?,22?,23?,24?,25?,26?/m0/s1. The number of nitrogens with one attached hydrogen (secondary N) is 1. The molecule has 7 unspecified atom stereocenters. The van der Waals surface area contributed by atoms with Crippen LogP contribution in [0.25, 0.3) is 0 Å². The van der Waals surface area contributed by atoms with Crippen LogP contribution in [-0.2, 0) is 19.1 Å². The predicted octanol–water partition coefficient (Wildman–Crippen LogP) is 1.32. The molecule has 3 aliphatic heterocycles. The average molecular weight is 594 g/mol. The van der Waals surface area contributed by atoms with Crippen molar-refractivity contribution >= 4 is 23.8 Å². The van der Waals surface area contributed by atoms with Gasteiger partial charge < -0.3 is 25.0 Å². The topological polar surface area (TPSA) is 123 Å². The molecule has 42 heavy (non-hydrogen) atoms. The number of carboxylic acids is 1. The summed E-state index contributed by atoms with van der Waals surface area (Å²) < 4.78 is 36.5. The molecule has 11 nitrogen and oxygen atoms in total. The molecule has 13 heteroatoms. The molecule has 0 radical (unpaired) electrons. The molecular weight excluding hydrogens is 552 g/mol. The highest BCUT2D eigenvalue weighted by atomic mass is 19.1. The van der Waals surface area contributed by atoms with Crippen LogP contribution in [0.1, 0.15) is 51.9 Å². The van der Waals surface area contributed by atoms with Gasteiger partial charge in [0.1, 0.15) is 24.0 Å². The van der Waals surface area contributed by atoms with Crippen molar-refractivity contribution < 1.29 is 37.8 Å². The lowest BCUT2D eigenvalue weighted by atomic mass is 9.73. The summed E-state index contributed by atoms with van der Waals surface area (Å²) in [6.07, 6.45) is 2.21. The molecule has 232 valence electrons. The molecule has 6 aliphatic rings. The van der Waals surface area contributed by atoms with E-state index >= 15 is 8.78 Å². The molecule has 5 fully saturated rings. The number of Topliss-reactive ketones (excluding diaryl/α,β-unsaturated/α-hetero) is 1. The molecule has 0 aromatic heterocycles. The lowest BCUT2D eigenvalue weighted by molar-refractivity contribution is -0.138. The molecule has 0 bridgehead atoms. The number of carbonyl (C=O) groups is 4. The van der Waals surface area contributed by atoms with Crippen molar-refractivity contribution in [2.24, 2.45) is 5.92 Å². The lowest BCUT2D eigenvalue weighted by Gasteiger charge is -2.51. The van der Waals surface area contributed by atoms with Crippen LogP contribution in [0.4, 0.5) is 13.6 Å². The number of ketones is 1. The summed E-state index contributed by atoms with van der Waals surface area (Å²) in [4.78, 5) is 56.1. The third kappa shape index (κ3) is 5.73. The quantitative estimate of drug-likeness (QED) is 0.421. The molecule has 3 aliphatic carbocycles. The Balaban J connectivity index is 1.02. The maximum Gasteiger partial charge on any atom is 0.410 e. The third-order valence-corrected chi connectivity index (χ3v) is 10.2. The lowest BCUT2D eigenvalue weighted by Crippen LogP contribution is -2.62. The minimum atomic E-state index is -1.25. The molecule has 2 amide bonds. The van der Waals surface area contributed by atoms with Gasteiger partial charge in [-0.15, -0.1) is 0 Å². The molecule has 3 saturated carbocycles. The smallest absolute Gasteiger partial charge is 0.410 e. The van der Waals surface area contributed by atoms with Crippen molar-refractivity contribution in [1.29, 1.82) is 0 Å². The minimum absolute atomic E-state index is 0.0311. The second-order valence-electron chi connectivity index (χ2n) is 12.8. The van der Waals surface area contributed by atoms with E-state index in [2.05, 4.69) is 15.1 Å². The van der Waals surface area contributed by atoms with Crippen LogP contribution in [0.3, 0.4) is 0 Å². The van der Waals surface area contributed by atoms with Gasteiger partial charge in [-0.25, -0.2) is 18.4 Å². The molecule has 8 atom stereocenters. The number of ether oxygens (including phenoxy) is 1.